The van der Waals surface area contributed by atoms with Crippen LogP contribution in [0.4, 0.5) is 5.00 Å². The van der Waals surface area contributed by atoms with E-state index in [1.165, 1.54) is 11.3 Å². The molecule has 0 radical (unpaired) electrons. The Hall–Kier alpha value is -1.13. The molecule has 1 aliphatic heterocycles. The molecule has 1 aromatic rings. The molecule has 2 rings (SSSR count). The molecular formula is C12H17ClN4OS. The maximum atomic E-state index is 11.9. The zero-order chi connectivity index (χ0) is 13.0. The summed E-state index contributed by atoms with van der Waals surface area (Å²) in [6.07, 6.45) is 0. The Bertz CT molecular complexity index is 463. The van der Waals surface area contributed by atoms with E-state index in [4.69, 9.17) is 5.26 Å². The predicted molar refractivity (Wildman–Crippen MR) is 78.8 cm³/mol. The normalized spacial score (nSPS) is 16.4. The Morgan fingerprint density at radius 2 is 2.16 bits per heavy atom. The van der Waals surface area contributed by atoms with E-state index in [2.05, 4.69) is 28.2 Å². The highest BCUT2D eigenvalue weighted by Crippen LogP contribution is 2.21. The number of anilines is 1. The van der Waals surface area contributed by atoms with Crippen molar-refractivity contribution in [1.29, 1.82) is 5.26 Å². The Morgan fingerprint density at radius 3 is 2.79 bits per heavy atom. The number of hydrogen-bond donors (Lipinski definition) is 1. The second kappa shape index (κ2) is 7.46. The number of likely N-dealkylation sites (N-methyl/N-ethyl adjacent to an activating group) is 1. The van der Waals surface area contributed by atoms with E-state index in [0.717, 1.165) is 26.2 Å². The summed E-state index contributed by atoms with van der Waals surface area (Å²) in [7, 11) is 2.09. The van der Waals surface area contributed by atoms with Gasteiger partial charge in [-0.05, 0) is 18.5 Å². The van der Waals surface area contributed by atoms with Gasteiger partial charge in [0.2, 0.25) is 5.91 Å². The Balaban J connectivity index is 0.00000180. The lowest BCUT2D eigenvalue weighted by Crippen LogP contribution is -2.47. The quantitative estimate of drug-likeness (QED) is 0.912. The van der Waals surface area contributed by atoms with Gasteiger partial charge in [0.15, 0.2) is 0 Å². The maximum absolute atomic E-state index is 11.9. The number of nitrogens with zero attached hydrogens (tertiary/aromatic N) is 3. The monoisotopic (exact) mass is 300 g/mol. The lowest BCUT2D eigenvalue weighted by Gasteiger charge is -2.31. The number of nitrogens with one attached hydrogen (secondary N) is 1. The number of carbonyl (C=O) groups excluding carboxylic acids is 1. The topological polar surface area (TPSA) is 59.4 Å². The summed E-state index contributed by atoms with van der Waals surface area (Å²) < 4.78 is 0. The van der Waals surface area contributed by atoms with Gasteiger partial charge in [-0.3, -0.25) is 9.69 Å². The average molecular weight is 301 g/mol. The molecule has 2 heterocycles. The molecule has 1 N–H and O–H groups in total. The van der Waals surface area contributed by atoms with E-state index >= 15 is 0 Å². The molecule has 104 valence electrons. The van der Waals surface area contributed by atoms with Crippen molar-refractivity contribution < 1.29 is 4.79 Å². The summed E-state index contributed by atoms with van der Waals surface area (Å²) in [6, 6.07) is 3.78. The third-order valence-corrected chi connectivity index (χ3v) is 3.83. The Morgan fingerprint density at radius 1 is 1.47 bits per heavy atom. The third kappa shape index (κ3) is 4.48. The maximum Gasteiger partial charge on any atom is 0.239 e. The number of amides is 1. The van der Waals surface area contributed by atoms with Crippen LogP contribution in [0.5, 0.6) is 0 Å². The molecule has 0 aromatic carbocycles. The molecule has 1 fully saturated rings. The predicted octanol–water partition coefficient (Wildman–Crippen LogP) is 1.23. The van der Waals surface area contributed by atoms with E-state index in [9.17, 15) is 4.79 Å². The summed E-state index contributed by atoms with van der Waals surface area (Å²) in [5, 5.41) is 14.1. The fraction of sp³-hybridized carbons (Fsp3) is 0.500. The first-order valence-corrected chi connectivity index (χ1v) is 6.75. The summed E-state index contributed by atoms with van der Waals surface area (Å²) >= 11 is 1.38. The molecule has 0 saturated carbocycles. The zero-order valence-corrected chi connectivity index (χ0v) is 12.4. The molecule has 0 aliphatic carbocycles. The minimum Gasteiger partial charge on any atom is -0.315 e. The van der Waals surface area contributed by atoms with E-state index in [0.29, 0.717) is 17.1 Å². The Kier molecular flexibility index (Phi) is 6.25. The number of thiophene rings is 1. The van der Waals surface area contributed by atoms with Crippen LogP contribution >= 0.6 is 23.7 Å². The fourth-order valence-corrected chi connectivity index (χ4v) is 2.62. The van der Waals surface area contributed by atoms with Crippen molar-refractivity contribution in [3.63, 3.8) is 0 Å². The number of rotatable bonds is 3. The van der Waals surface area contributed by atoms with E-state index < -0.39 is 0 Å². The van der Waals surface area contributed by atoms with Crippen LogP contribution in [0.1, 0.15) is 5.56 Å². The van der Waals surface area contributed by atoms with Gasteiger partial charge in [-0.1, -0.05) is 0 Å². The number of hydrogen-bond acceptors (Lipinski definition) is 5. The van der Waals surface area contributed by atoms with Crippen LogP contribution in [0.25, 0.3) is 0 Å². The largest absolute Gasteiger partial charge is 0.315 e. The second-order valence-electron chi connectivity index (χ2n) is 4.40. The van der Waals surface area contributed by atoms with Crippen LogP contribution in [0.2, 0.25) is 0 Å². The van der Waals surface area contributed by atoms with Crippen LogP contribution < -0.4 is 5.32 Å². The summed E-state index contributed by atoms with van der Waals surface area (Å²) in [4.78, 5) is 16.2. The van der Waals surface area contributed by atoms with Gasteiger partial charge in [0.05, 0.1) is 12.1 Å². The smallest absolute Gasteiger partial charge is 0.239 e. The molecule has 1 saturated heterocycles. The first kappa shape index (κ1) is 15.9. The molecule has 1 amide bonds. The van der Waals surface area contributed by atoms with Crippen LogP contribution in [-0.4, -0.2) is 55.5 Å². The standard InChI is InChI=1S/C12H16N4OS.ClH/c1-15-3-5-16(6-4-15)9-11(17)14-12-10(8-13)2-7-18-12;/h2,7H,3-6,9H2,1H3,(H,14,17);1H. The van der Waals surface area contributed by atoms with Crippen LogP contribution in [0.15, 0.2) is 11.4 Å². The van der Waals surface area contributed by atoms with Crippen molar-refractivity contribution in [2.75, 3.05) is 45.1 Å². The first-order valence-electron chi connectivity index (χ1n) is 5.87. The van der Waals surface area contributed by atoms with Crippen molar-refractivity contribution in [1.82, 2.24) is 9.80 Å². The molecule has 19 heavy (non-hydrogen) atoms. The van der Waals surface area contributed by atoms with Gasteiger partial charge in [-0.2, -0.15) is 5.26 Å². The summed E-state index contributed by atoms with van der Waals surface area (Å²) in [5.41, 5.74) is 0.534. The molecule has 5 nitrogen and oxygen atoms in total. The summed E-state index contributed by atoms with van der Waals surface area (Å²) in [6.45, 7) is 4.22. The van der Waals surface area contributed by atoms with Crippen molar-refractivity contribution >= 4 is 34.7 Å². The molecule has 0 atom stereocenters. The lowest BCUT2D eigenvalue weighted by molar-refractivity contribution is -0.117. The van der Waals surface area contributed by atoms with Crippen molar-refractivity contribution in [2.45, 2.75) is 0 Å². The van der Waals surface area contributed by atoms with Crippen LogP contribution in [-0.2, 0) is 4.79 Å². The van der Waals surface area contributed by atoms with Crippen LogP contribution in [0, 0.1) is 11.3 Å². The molecule has 1 aliphatic rings. The van der Waals surface area contributed by atoms with Gasteiger partial charge in [0, 0.05) is 26.2 Å². The van der Waals surface area contributed by atoms with Crippen molar-refractivity contribution in [3.05, 3.63) is 17.0 Å². The van der Waals surface area contributed by atoms with Gasteiger partial charge >= 0.3 is 0 Å². The van der Waals surface area contributed by atoms with Crippen molar-refractivity contribution in [3.8, 4) is 6.07 Å². The van der Waals surface area contributed by atoms with Crippen molar-refractivity contribution in [2.24, 2.45) is 0 Å². The lowest BCUT2D eigenvalue weighted by atomic mass is 10.3. The number of halogens is 1. The van der Waals surface area contributed by atoms with E-state index in [-0.39, 0.29) is 18.3 Å². The van der Waals surface area contributed by atoms with Gasteiger partial charge in [0.25, 0.3) is 0 Å². The highest BCUT2D eigenvalue weighted by molar-refractivity contribution is 7.14. The van der Waals surface area contributed by atoms with E-state index in [1.807, 2.05) is 5.38 Å². The number of carbonyl (C=O) groups is 1. The second-order valence-corrected chi connectivity index (χ2v) is 5.32. The molecule has 7 heteroatoms. The zero-order valence-electron chi connectivity index (χ0n) is 10.8. The van der Waals surface area contributed by atoms with Gasteiger partial charge in [0.1, 0.15) is 11.1 Å². The van der Waals surface area contributed by atoms with Gasteiger partial charge in [-0.15, -0.1) is 23.7 Å². The minimum atomic E-state index is -0.0431. The van der Waals surface area contributed by atoms with Gasteiger partial charge < -0.3 is 10.2 Å². The fourth-order valence-electron chi connectivity index (χ4n) is 1.87. The highest BCUT2D eigenvalue weighted by Gasteiger charge is 2.17. The molecule has 0 spiro atoms. The van der Waals surface area contributed by atoms with Crippen LogP contribution in [0.3, 0.4) is 0 Å². The molecule has 0 unspecified atom stereocenters. The third-order valence-electron chi connectivity index (χ3n) is 3.00. The Labute approximate surface area is 123 Å². The minimum absolute atomic E-state index is 0. The van der Waals surface area contributed by atoms with E-state index in [1.54, 1.807) is 6.07 Å². The van der Waals surface area contributed by atoms with Gasteiger partial charge in [-0.25, -0.2) is 0 Å². The average Bonchev–Trinajstić information content (AvgIpc) is 2.79. The molecular weight excluding hydrogens is 284 g/mol. The SMILES string of the molecule is CN1CCN(CC(=O)Nc2sccc2C#N)CC1.Cl. The number of piperazine rings is 1. The molecule has 1 aromatic heterocycles. The highest BCUT2D eigenvalue weighted by atomic mass is 35.5. The number of nitriles is 1. The first-order chi connectivity index (χ1) is 8.69. The molecule has 0 bridgehead atoms. The summed E-state index contributed by atoms with van der Waals surface area (Å²) in [5.74, 6) is -0.0431.